The van der Waals surface area contributed by atoms with Gasteiger partial charge < -0.3 is 16.0 Å². The molecule has 3 unspecified atom stereocenters. The monoisotopic (exact) mass is 432 g/mol. The molecular weight excluding hydrogens is 404 g/mol. The Labute approximate surface area is 181 Å². The van der Waals surface area contributed by atoms with Crippen LogP contribution in [0.25, 0.3) is 0 Å². The summed E-state index contributed by atoms with van der Waals surface area (Å²) in [7, 11) is 0. The summed E-state index contributed by atoms with van der Waals surface area (Å²) in [6, 6.07) is 2.51. The molecule has 1 aliphatic heterocycles. The lowest BCUT2D eigenvalue weighted by molar-refractivity contribution is -0.121. The highest BCUT2D eigenvalue weighted by atomic mass is 32.1. The van der Waals surface area contributed by atoms with Gasteiger partial charge in [-0.25, -0.2) is 0 Å². The molecule has 2 aliphatic carbocycles. The largest absolute Gasteiger partial charge is 0.336 e. The molecule has 0 aromatic carbocycles. The third-order valence-corrected chi connectivity index (χ3v) is 7.40. The van der Waals surface area contributed by atoms with E-state index < -0.39 is 5.54 Å². The molecule has 4 rings (SSSR count). The molecule has 2 heterocycles. The molecule has 1 aromatic rings. The van der Waals surface area contributed by atoms with Crippen LogP contribution in [0.4, 0.5) is 5.00 Å². The van der Waals surface area contributed by atoms with Gasteiger partial charge in [0.2, 0.25) is 5.91 Å². The fourth-order valence-corrected chi connectivity index (χ4v) is 5.30. The predicted molar refractivity (Wildman–Crippen MR) is 121 cm³/mol. The van der Waals surface area contributed by atoms with Crippen molar-refractivity contribution in [2.75, 3.05) is 31.5 Å². The van der Waals surface area contributed by atoms with Crippen LogP contribution in [-0.4, -0.2) is 64.6 Å². The fourth-order valence-electron chi connectivity index (χ4n) is 4.01. The van der Waals surface area contributed by atoms with E-state index in [2.05, 4.69) is 22.8 Å². The van der Waals surface area contributed by atoms with Crippen LogP contribution in [0.15, 0.2) is 35.8 Å². The van der Waals surface area contributed by atoms with Gasteiger partial charge in [0.05, 0.1) is 5.56 Å². The molecule has 0 spiro atoms. The number of nitrogens with zero attached hydrogens (tertiary/aromatic N) is 2. The summed E-state index contributed by atoms with van der Waals surface area (Å²) in [4.78, 5) is 30.4. The van der Waals surface area contributed by atoms with Gasteiger partial charge in [0.25, 0.3) is 5.91 Å². The smallest absolute Gasteiger partial charge is 0.256 e. The number of piperazine rings is 1. The van der Waals surface area contributed by atoms with Crippen LogP contribution in [0.2, 0.25) is 0 Å². The van der Waals surface area contributed by atoms with E-state index in [4.69, 9.17) is 5.73 Å². The van der Waals surface area contributed by atoms with E-state index in [0.717, 1.165) is 32.2 Å². The van der Waals surface area contributed by atoms with Crippen LogP contribution in [0, 0.1) is 5.92 Å². The summed E-state index contributed by atoms with van der Waals surface area (Å²) in [5.41, 5.74) is 5.82. The highest BCUT2D eigenvalue weighted by molar-refractivity contribution is 7.81. The number of thiol groups is 1. The second-order valence-corrected chi connectivity index (χ2v) is 9.76. The van der Waals surface area contributed by atoms with Gasteiger partial charge in [0, 0.05) is 43.4 Å². The van der Waals surface area contributed by atoms with Crippen molar-refractivity contribution < 1.29 is 9.59 Å². The molecule has 1 saturated heterocycles. The molecule has 8 heteroatoms. The zero-order valence-corrected chi connectivity index (χ0v) is 18.3. The molecule has 2 amide bonds. The minimum absolute atomic E-state index is 0.0247. The molecule has 29 heavy (non-hydrogen) atoms. The van der Waals surface area contributed by atoms with Crippen molar-refractivity contribution in [2.45, 2.75) is 36.6 Å². The van der Waals surface area contributed by atoms with Gasteiger partial charge in [0.1, 0.15) is 10.5 Å². The van der Waals surface area contributed by atoms with E-state index in [1.165, 1.54) is 24.2 Å². The van der Waals surface area contributed by atoms with Gasteiger partial charge in [0.15, 0.2) is 0 Å². The molecular formula is C21H28N4O2S2. The Balaban J connectivity index is 1.42. The van der Waals surface area contributed by atoms with E-state index in [1.807, 2.05) is 34.6 Å². The highest BCUT2D eigenvalue weighted by Crippen LogP contribution is 2.32. The van der Waals surface area contributed by atoms with Gasteiger partial charge >= 0.3 is 0 Å². The first kappa shape index (κ1) is 20.7. The number of carbonyl (C=O) groups excluding carboxylic acids is 2. The summed E-state index contributed by atoms with van der Waals surface area (Å²) in [5.74, 6) is -0.565. The lowest BCUT2D eigenvalue weighted by Crippen LogP contribution is -2.56. The zero-order chi connectivity index (χ0) is 20.6. The number of rotatable bonds is 5. The van der Waals surface area contributed by atoms with Crippen LogP contribution in [0.5, 0.6) is 0 Å². The highest BCUT2D eigenvalue weighted by Gasteiger charge is 2.40. The fraction of sp³-hybridized carbons (Fsp3) is 0.524. The van der Waals surface area contributed by atoms with Crippen molar-refractivity contribution in [3.05, 3.63) is 41.3 Å². The molecule has 3 atom stereocenters. The second kappa shape index (κ2) is 8.26. The van der Waals surface area contributed by atoms with E-state index >= 15 is 0 Å². The van der Waals surface area contributed by atoms with Crippen LogP contribution in [-0.2, 0) is 4.79 Å². The normalized spacial score (nSPS) is 26.9. The number of nitrogens with one attached hydrogen (secondary N) is 1. The van der Waals surface area contributed by atoms with E-state index in [0.29, 0.717) is 10.6 Å². The van der Waals surface area contributed by atoms with E-state index in [1.54, 1.807) is 13.0 Å². The van der Waals surface area contributed by atoms with Crippen LogP contribution < -0.4 is 11.1 Å². The first-order chi connectivity index (χ1) is 13.9. The molecule has 156 valence electrons. The molecule has 1 aromatic heterocycles. The Bertz CT molecular complexity index is 835. The van der Waals surface area contributed by atoms with Gasteiger partial charge in [-0.1, -0.05) is 24.3 Å². The lowest BCUT2D eigenvalue weighted by Gasteiger charge is -2.35. The first-order valence-corrected chi connectivity index (χ1v) is 11.5. The summed E-state index contributed by atoms with van der Waals surface area (Å²) in [6.45, 7) is 5.02. The number of nitrogens with two attached hydrogens (primary N) is 1. The molecule has 2 fully saturated rings. The maximum absolute atomic E-state index is 13.1. The van der Waals surface area contributed by atoms with Crippen molar-refractivity contribution >= 4 is 40.8 Å². The van der Waals surface area contributed by atoms with E-state index in [9.17, 15) is 9.59 Å². The molecule has 1 saturated carbocycles. The molecule has 3 aliphatic rings. The topological polar surface area (TPSA) is 78.7 Å². The van der Waals surface area contributed by atoms with Crippen molar-refractivity contribution in [2.24, 2.45) is 11.7 Å². The molecule has 3 N–H and O–H groups in total. The SMILES string of the molecule is CC(N)(C(=O)Nc1sccc1C(=O)N1CCN(C2CC2)CC1)C1C=CC=CC1S. The maximum atomic E-state index is 13.1. The van der Waals surface area contributed by atoms with Crippen molar-refractivity contribution in [3.63, 3.8) is 0 Å². The van der Waals surface area contributed by atoms with Gasteiger partial charge in [-0.2, -0.15) is 12.6 Å². The third-order valence-electron chi connectivity index (χ3n) is 6.07. The number of thiophene rings is 1. The standard InChI is InChI=1S/C21H28N4O2S2/c1-21(22,16-4-2-3-5-17(16)28)20(27)23-18-15(8-13-29-18)19(26)25-11-9-24(10-12-25)14-6-7-14/h2-5,8,13-14,16-17,28H,6-7,9-12,22H2,1H3,(H,23,27). The summed E-state index contributed by atoms with van der Waals surface area (Å²) < 4.78 is 0. The van der Waals surface area contributed by atoms with Crippen molar-refractivity contribution in [3.8, 4) is 0 Å². The number of allylic oxidation sites excluding steroid dienone is 2. The first-order valence-electron chi connectivity index (χ1n) is 10.1. The number of amides is 2. The molecule has 0 radical (unpaired) electrons. The minimum atomic E-state index is -1.14. The summed E-state index contributed by atoms with van der Waals surface area (Å²) in [6.07, 6.45) is 10.2. The second-order valence-electron chi connectivity index (χ2n) is 8.25. The third kappa shape index (κ3) is 4.30. The number of hydrogen-bond donors (Lipinski definition) is 3. The van der Waals surface area contributed by atoms with Crippen LogP contribution >= 0.6 is 24.0 Å². The number of carbonyl (C=O) groups is 2. The Morgan fingerprint density at radius 3 is 2.55 bits per heavy atom. The summed E-state index contributed by atoms with van der Waals surface area (Å²) >= 11 is 5.90. The van der Waals surface area contributed by atoms with Gasteiger partial charge in [-0.3, -0.25) is 14.5 Å². The van der Waals surface area contributed by atoms with Crippen molar-refractivity contribution in [1.82, 2.24) is 9.80 Å². The summed E-state index contributed by atoms with van der Waals surface area (Å²) in [5, 5.41) is 5.18. The lowest BCUT2D eigenvalue weighted by atomic mass is 9.81. The Morgan fingerprint density at radius 2 is 1.90 bits per heavy atom. The van der Waals surface area contributed by atoms with Crippen LogP contribution in [0.3, 0.4) is 0 Å². The maximum Gasteiger partial charge on any atom is 0.256 e. The zero-order valence-electron chi connectivity index (χ0n) is 16.6. The Morgan fingerprint density at radius 1 is 1.21 bits per heavy atom. The number of hydrogen-bond acceptors (Lipinski definition) is 6. The average Bonchev–Trinajstić information content (AvgIpc) is 3.47. The van der Waals surface area contributed by atoms with Crippen molar-refractivity contribution in [1.29, 1.82) is 0 Å². The minimum Gasteiger partial charge on any atom is -0.336 e. The predicted octanol–water partition coefficient (Wildman–Crippen LogP) is 2.36. The average molecular weight is 433 g/mol. The Hall–Kier alpha value is -1.61. The van der Waals surface area contributed by atoms with Gasteiger partial charge in [-0.05, 0) is 31.2 Å². The van der Waals surface area contributed by atoms with E-state index in [-0.39, 0.29) is 23.0 Å². The Kier molecular flexibility index (Phi) is 5.88. The number of anilines is 1. The quantitative estimate of drug-likeness (QED) is 0.624. The molecule has 0 bridgehead atoms. The van der Waals surface area contributed by atoms with Crippen LogP contribution in [0.1, 0.15) is 30.1 Å². The van der Waals surface area contributed by atoms with Gasteiger partial charge in [-0.15, -0.1) is 11.3 Å². The molecule has 6 nitrogen and oxygen atoms in total.